The Morgan fingerprint density at radius 2 is 2.03 bits per heavy atom. The average molecular weight is 464 g/mol. The van der Waals surface area contributed by atoms with E-state index >= 15 is 0 Å². The summed E-state index contributed by atoms with van der Waals surface area (Å²) in [4.78, 5) is 16.4. The Balaban J connectivity index is 1.72. The molecule has 3 rings (SSSR count). The van der Waals surface area contributed by atoms with Crippen LogP contribution in [0.1, 0.15) is 26.7 Å². The summed E-state index contributed by atoms with van der Waals surface area (Å²) in [5.74, 6) is 0.484. The molecule has 3 aromatic rings. The van der Waals surface area contributed by atoms with Crippen molar-refractivity contribution in [2.24, 2.45) is 0 Å². The fourth-order valence-electron chi connectivity index (χ4n) is 3.00. The zero-order valence-corrected chi connectivity index (χ0v) is 19.2. The number of rotatable bonds is 10. The van der Waals surface area contributed by atoms with Crippen molar-refractivity contribution < 1.29 is 22.4 Å². The van der Waals surface area contributed by atoms with Crippen LogP contribution in [-0.4, -0.2) is 38.2 Å². The minimum atomic E-state index is -3.86. The highest BCUT2D eigenvalue weighted by Gasteiger charge is 2.19. The molecule has 1 heterocycles. The van der Waals surface area contributed by atoms with Crippen molar-refractivity contribution in [1.29, 1.82) is 0 Å². The van der Waals surface area contributed by atoms with Crippen molar-refractivity contribution in [2.75, 3.05) is 17.6 Å². The lowest BCUT2D eigenvalue weighted by atomic mass is 10.2. The highest BCUT2D eigenvalue weighted by atomic mass is 32.2. The second-order valence-corrected chi connectivity index (χ2v) is 9.57. The smallest absolute Gasteiger partial charge is 0.262 e. The molecule has 1 atom stereocenters. The fourth-order valence-corrected chi connectivity index (χ4v) is 4.74. The molecule has 0 bridgehead atoms. The number of fused-ring (bicyclic) bond motifs is 1. The number of carbonyl (C=O) groups is 1. The molecular formula is C21H25N3O5S2. The number of nitrogens with zero attached hydrogens (tertiary/aromatic N) is 1. The standard InChI is InChI=1S/C21H25N3O5S2/c1-4-7-14(2)22-20(25)13-30-21-23-17-12-15(10-11-19(17)29-21)31(26,27)24-16-8-5-6-9-18(16)28-3/h5-6,8-12,14,24H,4,7,13H2,1-3H3,(H,22,25)/t14-/m0/s1. The quantitative estimate of drug-likeness (QED) is 0.437. The van der Waals surface area contributed by atoms with E-state index in [0.717, 1.165) is 24.6 Å². The van der Waals surface area contributed by atoms with Gasteiger partial charge in [-0.2, -0.15) is 0 Å². The second kappa shape index (κ2) is 10.1. The zero-order valence-electron chi connectivity index (χ0n) is 17.5. The van der Waals surface area contributed by atoms with Crippen molar-refractivity contribution in [1.82, 2.24) is 10.3 Å². The summed E-state index contributed by atoms with van der Waals surface area (Å²) < 4.78 is 39.0. The van der Waals surface area contributed by atoms with Gasteiger partial charge in [0.05, 0.1) is 23.4 Å². The molecular weight excluding hydrogens is 438 g/mol. The number of oxazole rings is 1. The number of anilines is 1. The van der Waals surface area contributed by atoms with Crippen molar-refractivity contribution in [3.05, 3.63) is 42.5 Å². The van der Waals surface area contributed by atoms with E-state index in [1.165, 1.54) is 19.2 Å². The number of carbonyl (C=O) groups excluding carboxylic acids is 1. The summed E-state index contributed by atoms with van der Waals surface area (Å²) in [6.07, 6.45) is 1.91. The number of hydrogen-bond donors (Lipinski definition) is 2. The van der Waals surface area contributed by atoms with E-state index in [2.05, 4.69) is 21.9 Å². The first-order chi connectivity index (χ1) is 14.8. The molecule has 166 valence electrons. The number of ether oxygens (including phenoxy) is 1. The van der Waals surface area contributed by atoms with Crippen LogP contribution in [0.15, 0.2) is 57.0 Å². The Morgan fingerprint density at radius 1 is 1.26 bits per heavy atom. The number of hydrogen-bond acceptors (Lipinski definition) is 7. The first-order valence-electron chi connectivity index (χ1n) is 9.81. The van der Waals surface area contributed by atoms with Crippen LogP contribution in [0, 0.1) is 0 Å². The lowest BCUT2D eigenvalue weighted by Crippen LogP contribution is -2.33. The number of thioether (sulfide) groups is 1. The Labute approximate surface area is 185 Å². The number of amides is 1. The molecule has 10 heteroatoms. The molecule has 2 aromatic carbocycles. The topological polar surface area (TPSA) is 111 Å². The van der Waals surface area contributed by atoms with Gasteiger partial charge in [-0.3, -0.25) is 9.52 Å². The molecule has 1 amide bonds. The van der Waals surface area contributed by atoms with Crippen molar-refractivity contribution >= 4 is 44.5 Å². The van der Waals surface area contributed by atoms with Gasteiger partial charge in [-0.15, -0.1) is 0 Å². The summed E-state index contributed by atoms with van der Waals surface area (Å²) in [6.45, 7) is 4.03. The summed E-state index contributed by atoms with van der Waals surface area (Å²) >= 11 is 1.16. The predicted octanol–water partition coefficient (Wildman–Crippen LogP) is 4.03. The SMILES string of the molecule is CCC[C@H](C)NC(=O)CSc1nc2cc(S(=O)(=O)Nc3ccccc3OC)ccc2o1. The molecule has 0 fully saturated rings. The van der Waals surface area contributed by atoms with E-state index in [0.29, 0.717) is 27.8 Å². The Kier molecular flexibility index (Phi) is 7.45. The fraction of sp³-hybridized carbons (Fsp3) is 0.333. The van der Waals surface area contributed by atoms with Crippen molar-refractivity contribution in [2.45, 2.75) is 42.8 Å². The maximum Gasteiger partial charge on any atom is 0.262 e. The first kappa shape index (κ1) is 23.0. The van der Waals surface area contributed by atoms with E-state index in [1.54, 1.807) is 30.3 Å². The van der Waals surface area contributed by atoms with Gasteiger partial charge < -0.3 is 14.5 Å². The van der Waals surface area contributed by atoms with E-state index < -0.39 is 10.0 Å². The lowest BCUT2D eigenvalue weighted by Gasteiger charge is -2.11. The number of nitrogens with one attached hydrogen (secondary N) is 2. The third-order valence-corrected chi connectivity index (χ3v) is 6.65. The van der Waals surface area contributed by atoms with Gasteiger partial charge >= 0.3 is 0 Å². The van der Waals surface area contributed by atoms with Gasteiger partial charge in [0.15, 0.2) is 5.58 Å². The van der Waals surface area contributed by atoms with Crippen LogP contribution in [0.4, 0.5) is 5.69 Å². The molecule has 2 N–H and O–H groups in total. The zero-order chi connectivity index (χ0) is 22.4. The Bertz CT molecular complexity index is 1160. The molecule has 0 saturated carbocycles. The maximum atomic E-state index is 12.8. The lowest BCUT2D eigenvalue weighted by molar-refractivity contribution is -0.119. The molecule has 0 saturated heterocycles. The molecule has 1 aromatic heterocycles. The van der Waals surface area contributed by atoms with E-state index in [9.17, 15) is 13.2 Å². The molecule has 0 radical (unpaired) electrons. The number of benzene rings is 2. The van der Waals surface area contributed by atoms with Gasteiger partial charge in [-0.1, -0.05) is 37.2 Å². The predicted molar refractivity (Wildman–Crippen MR) is 121 cm³/mol. The highest BCUT2D eigenvalue weighted by Crippen LogP contribution is 2.29. The van der Waals surface area contributed by atoms with Gasteiger partial charge in [0.25, 0.3) is 15.2 Å². The van der Waals surface area contributed by atoms with Crippen LogP contribution in [0.5, 0.6) is 5.75 Å². The van der Waals surface area contributed by atoms with E-state index in [-0.39, 0.29) is 22.6 Å². The minimum absolute atomic E-state index is 0.0434. The molecule has 0 aliphatic rings. The van der Waals surface area contributed by atoms with Crippen LogP contribution >= 0.6 is 11.8 Å². The van der Waals surface area contributed by atoms with Crippen LogP contribution < -0.4 is 14.8 Å². The monoisotopic (exact) mass is 463 g/mol. The molecule has 0 unspecified atom stereocenters. The van der Waals surface area contributed by atoms with E-state index in [1.807, 2.05) is 6.92 Å². The Morgan fingerprint density at radius 3 is 2.77 bits per heavy atom. The second-order valence-electron chi connectivity index (χ2n) is 6.96. The highest BCUT2D eigenvalue weighted by molar-refractivity contribution is 7.99. The van der Waals surface area contributed by atoms with Crippen molar-refractivity contribution in [3.8, 4) is 5.75 Å². The summed E-state index contributed by atoms with van der Waals surface area (Å²) in [5, 5.41) is 3.23. The normalized spacial score (nSPS) is 12.5. The molecule has 31 heavy (non-hydrogen) atoms. The summed E-state index contributed by atoms with van der Waals surface area (Å²) in [6, 6.07) is 11.3. The molecule has 0 aliphatic heterocycles. The Hall–Kier alpha value is -2.72. The summed E-state index contributed by atoms with van der Waals surface area (Å²) in [7, 11) is -2.38. The van der Waals surface area contributed by atoms with Crippen LogP contribution in [0.2, 0.25) is 0 Å². The van der Waals surface area contributed by atoms with Gasteiger partial charge in [-0.05, 0) is 43.7 Å². The molecule has 8 nitrogen and oxygen atoms in total. The number of aromatic nitrogens is 1. The molecule has 0 spiro atoms. The number of sulfonamides is 1. The minimum Gasteiger partial charge on any atom is -0.495 e. The van der Waals surface area contributed by atoms with Gasteiger partial charge in [0.1, 0.15) is 11.3 Å². The van der Waals surface area contributed by atoms with Crippen LogP contribution in [0.3, 0.4) is 0 Å². The van der Waals surface area contributed by atoms with Gasteiger partial charge in [0, 0.05) is 6.04 Å². The van der Waals surface area contributed by atoms with Crippen molar-refractivity contribution in [3.63, 3.8) is 0 Å². The van der Waals surface area contributed by atoms with E-state index in [4.69, 9.17) is 9.15 Å². The first-order valence-corrected chi connectivity index (χ1v) is 12.3. The summed E-state index contributed by atoms with van der Waals surface area (Å²) in [5.41, 5.74) is 1.17. The van der Waals surface area contributed by atoms with Crippen LogP contribution in [-0.2, 0) is 14.8 Å². The van der Waals surface area contributed by atoms with Crippen LogP contribution in [0.25, 0.3) is 11.1 Å². The number of para-hydroxylation sites is 2. The average Bonchev–Trinajstić information content (AvgIpc) is 3.15. The third-order valence-electron chi connectivity index (χ3n) is 4.46. The number of methoxy groups -OCH3 is 1. The van der Waals surface area contributed by atoms with Gasteiger partial charge in [-0.25, -0.2) is 13.4 Å². The largest absolute Gasteiger partial charge is 0.495 e. The maximum absolute atomic E-state index is 12.8. The third kappa shape index (κ3) is 5.92. The van der Waals surface area contributed by atoms with Gasteiger partial charge in [0.2, 0.25) is 5.91 Å². The molecule has 0 aliphatic carbocycles.